The number of aromatic nitrogens is 3. The minimum absolute atomic E-state index is 0.307. The maximum atomic E-state index is 13.4. The summed E-state index contributed by atoms with van der Waals surface area (Å²) in [6, 6.07) is 10.5. The van der Waals surface area contributed by atoms with E-state index < -0.39 is 29.0 Å². The van der Waals surface area contributed by atoms with E-state index >= 15 is 0 Å². The lowest BCUT2D eigenvalue weighted by molar-refractivity contribution is -0.143. The van der Waals surface area contributed by atoms with Crippen molar-refractivity contribution in [2.45, 2.75) is 44.3 Å². The van der Waals surface area contributed by atoms with Crippen molar-refractivity contribution < 1.29 is 22.8 Å². The first-order valence-electron chi connectivity index (χ1n) is 10.9. The van der Waals surface area contributed by atoms with E-state index in [1.54, 1.807) is 36.5 Å². The first-order chi connectivity index (χ1) is 16.1. The van der Waals surface area contributed by atoms with Gasteiger partial charge in [-0.3, -0.25) is 14.6 Å². The van der Waals surface area contributed by atoms with Crippen molar-refractivity contribution in [1.29, 1.82) is 0 Å². The van der Waals surface area contributed by atoms with Crippen molar-refractivity contribution in [2.75, 3.05) is 5.32 Å². The van der Waals surface area contributed by atoms with Crippen LogP contribution in [0.2, 0.25) is 0 Å². The molecule has 0 aliphatic heterocycles. The van der Waals surface area contributed by atoms with Crippen molar-refractivity contribution in [3.05, 3.63) is 77.1 Å². The van der Waals surface area contributed by atoms with Crippen LogP contribution in [0.25, 0.3) is 0 Å². The number of carbonyl (C=O) groups excluding carboxylic acids is 2. The molecule has 2 N–H and O–H groups in total. The Kier molecular flexibility index (Phi) is 6.16. The van der Waals surface area contributed by atoms with Crippen LogP contribution >= 0.6 is 0 Å². The maximum Gasteiger partial charge on any atom is 0.433 e. The summed E-state index contributed by atoms with van der Waals surface area (Å²) in [7, 11) is 1.20. The molecule has 1 fully saturated rings. The molecular formula is C24H24F3N5O2. The Morgan fingerprint density at radius 3 is 2.38 bits per heavy atom. The SMILES string of the molecule is CCc1ccnc(C(=O)Nc2ccc(C3(NC(=O)c4ncn(C)c4C(F)(F)F)CCC3)cc2)c1. The average Bonchev–Trinajstić information content (AvgIpc) is 3.19. The Morgan fingerprint density at radius 2 is 1.79 bits per heavy atom. The van der Waals surface area contributed by atoms with Crippen molar-refractivity contribution in [2.24, 2.45) is 7.05 Å². The number of pyridine rings is 1. The van der Waals surface area contributed by atoms with E-state index in [2.05, 4.69) is 20.6 Å². The third-order valence-corrected chi connectivity index (χ3v) is 6.14. The van der Waals surface area contributed by atoms with Crippen LogP contribution in [-0.2, 0) is 25.2 Å². The van der Waals surface area contributed by atoms with E-state index in [-0.39, 0.29) is 5.91 Å². The molecule has 4 rings (SSSR count). The van der Waals surface area contributed by atoms with Gasteiger partial charge < -0.3 is 15.2 Å². The van der Waals surface area contributed by atoms with Gasteiger partial charge in [-0.2, -0.15) is 13.2 Å². The molecule has 34 heavy (non-hydrogen) atoms. The van der Waals surface area contributed by atoms with Gasteiger partial charge in [0.1, 0.15) is 5.69 Å². The lowest BCUT2D eigenvalue weighted by Gasteiger charge is -2.43. The van der Waals surface area contributed by atoms with Gasteiger partial charge in [0.2, 0.25) is 0 Å². The fraction of sp³-hybridized carbons (Fsp3) is 0.333. The molecule has 0 unspecified atom stereocenters. The van der Waals surface area contributed by atoms with E-state index in [0.717, 1.165) is 34.9 Å². The molecule has 10 heteroatoms. The van der Waals surface area contributed by atoms with E-state index in [0.29, 0.717) is 24.2 Å². The standard InChI is InChI=1S/C24H24F3N5O2/c1-3-15-9-12-28-18(13-15)21(33)30-17-7-5-16(6-8-17)23(10-4-11-23)31-22(34)19-20(24(25,26)27)32(2)14-29-19/h5-9,12-14H,3-4,10-11H2,1-2H3,(H,30,33)(H,31,34). The highest BCUT2D eigenvalue weighted by molar-refractivity contribution is 6.03. The van der Waals surface area contributed by atoms with Crippen LogP contribution in [-0.4, -0.2) is 26.3 Å². The van der Waals surface area contributed by atoms with Crippen LogP contribution in [0.15, 0.2) is 48.9 Å². The Balaban J connectivity index is 1.50. The number of anilines is 1. The number of hydrogen-bond donors (Lipinski definition) is 2. The lowest BCUT2D eigenvalue weighted by atomic mass is 9.71. The number of aryl methyl sites for hydroxylation is 2. The van der Waals surface area contributed by atoms with E-state index in [1.165, 1.54) is 7.05 Å². The number of hydrogen-bond acceptors (Lipinski definition) is 4. The number of imidazole rings is 1. The first-order valence-corrected chi connectivity index (χ1v) is 10.9. The zero-order valence-corrected chi connectivity index (χ0v) is 18.7. The lowest BCUT2D eigenvalue weighted by Crippen LogP contribution is -2.51. The summed E-state index contributed by atoms with van der Waals surface area (Å²) in [5.41, 5.74) is 0.0897. The number of carbonyl (C=O) groups is 2. The third kappa shape index (κ3) is 4.52. The quantitative estimate of drug-likeness (QED) is 0.556. The molecule has 2 aromatic heterocycles. The van der Waals surface area contributed by atoms with Crippen molar-refractivity contribution in [3.8, 4) is 0 Å². The number of nitrogens with zero attached hydrogens (tertiary/aromatic N) is 3. The zero-order chi connectivity index (χ0) is 24.5. The van der Waals surface area contributed by atoms with Crippen molar-refractivity contribution in [3.63, 3.8) is 0 Å². The molecule has 2 heterocycles. The van der Waals surface area contributed by atoms with Gasteiger partial charge in [0.25, 0.3) is 11.8 Å². The number of halogens is 3. The highest BCUT2D eigenvalue weighted by Crippen LogP contribution is 2.42. The molecule has 0 spiro atoms. The number of nitrogens with one attached hydrogen (secondary N) is 2. The molecule has 0 bridgehead atoms. The fourth-order valence-electron chi connectivity index (χ4n) is 4.11. The molecule has 1 saturated carbocycles. The van der Waals surface area contributed by atoms with Gasteiger partial charge in [0.15, 0.2) is 11.4 Å². The van der Waals surface area contributed by atoms with Crippen LogP contribution in [0.5, 0.6) is 0 Å². The summed E-state index contributed by atoms with van der Waals surface area (Å²) in [5.74, 6) is -1.21. The van der Waals surface area contributed by atoms with Gasteiger partial charge in [-0.25, -0.2) is 4.98 Å². The maximum absolute atomic E-state index is 13.4. The van der Waals surface area contributed by atoms with Crippen molar-refractivity contribution in [1.82, 2.24) is 19.9 Å². The smallest absolute Gasteiger partial charge is 0.341 e. The van der Waals surface area contributed by atoms with Gasteiger partial charge >= 0.3 is 6.18 Å². The second kappa shape index (κ2) is 8.92. The second-order valence-corrected chi connectivity index (χ2v) is 8.37. The summed E-state index contributed by atoms with van der Waals surface area (Å²) in [6.45, 7) is 1.99. The summed E-state index contributed by atoms with van der Waals surface area (Å²) >= 11 is 0. The molecule has 1 aliphatic rings. The van der Waals surface area contributed by atoms with Gasteiger partial charge in [-0.1, -0.05) is 19.1 Å². The number of alkyl halides is 3. The zero-order valence-electron chi connectivity index (χ0n) is 18.7. The molecule has 3 aromatic rings. The minimum atomic E-state index is -4.70. The molecule has 2 amide bonds. The summed E-state index contributed by atoms with van der Waals surface area (Å²) in [6.07, 6.45) is 0.662. The topological polar surface area (TPSA) is 88.9 Å². The van der Waals surface area contributed by atoms with Gasteiger partial charge in [0.05, 0.1) is 11.9 Å². The summed E-state index contributed by atoms with van der Waals surface area (Å²) in [5, 5.41) is 5.57. The van der Waals surface area contributed by atoms with Crippen LogP contribution in [0.3, 0.4) is 0 Å². The van der Waals surface area contributed by atoms with Gasteiger partial charge in [0, 0.05) is 18.9 Å². The Labute approximate surface area is 194 Å². The molecule has 0 atom stereocenters. The number of amides is 2. The van der Waals surface area contributed by atoms with Gasteiger partial charge in [-0.05, 0) is 61.1 Å². The Morgan fingerprint density at radius 1 is 1.09 bits per heavy atom. The Bertz CT molecular complexity index is 1210. The van der Waals surface area contributed by atoms with Crippen LogP contribution < -0.4 is 10.6 Å². The first kappa shape index (κ1) is 23.5. The van der Waals surface area contributed by atoms with Crippen molar-refractivity contribution >= 4 is 17.5 Å². The molecule has 1 aromatic carbocycles. The van der Waals surface area contributed by atoms with Crippen LogP contribution in [0.1, 0.15) is 64.0 Å². The van der Waals surface area contributed by atoms with E-state index in [4.69, 9.17) is 0 Å². The fourth-order valence-corrected chi connectivity index (χ4v) is 4.11. The molecule has 0 saturated heterocycles. The van der Waals surface area contributed by atoms with E-state index in [9.17, 15) is 22.8 Å². The average molecular weight is 471 g/mol. The molecule has 0 radical (unpaired) electrons. The molecule has 1 aliphatic carbocycles. The highest BCUT2D eigenvalue weighted by atomic mass is 19.4. The largest absolute Gasteiger partial charge is 0.433 e. The summed E-state index contributed by atoms with van der Waals surface area (Å²) in [4.78, 5) is 33.1. The third-order valence-electron chi connectivity index (χ3n) is 6.14. The number of rotatable bonds is 6. The predicted molar refractivity (Wildman–Crippen MR) is 119 cm³/mol. The minimum Gasteiger partial charge on any atom is -0.341 e. The molecule has 178 valence electrons. The summed E-state index contributed by atoms with van der Waals surface area (Å²) < 4.78 is 41.0. The van der Waals surface area contributed by atoms with Gasteiger partial charge in [-0.15, -0.1) is 0 Å². The Hall–Kier alpha value is -3.69. The monoisotopic (exact) mass is 471 g/mol. The van der Waals surface area contributed by atoms with Crippen LogP contribution in [0, 0.1) is 0 Å². The molecular weight excluding hydrogens is 447 g/mol. The normalized spacial score (nSPS) is 14.9. The van der Waals surface area contributed by atoms with E-state index in [1.807, 2.05) is 13.0 Å². The van der Waals surface area contributed by atoms with Crippen LogP contribution in [0.4, 0.5) is 18.9 Å². The molecule has 7 nitrogen and oxygen atoms in total. The predicted octanol–water partition coefficient (Wildman–Crippen LogP) is 4.46. The second-order valence-electron chi connectivity index (χ2n) is 8.37. The number of benzene rings is 1. The highest BCUT2D eigenvalue weighted by Gasteiger charge is 2.44.